The van der Waals surface area contributed by atoms with Gasteiger partial charge in [0.15, 0.2) is 0 Å². The van der Waals surface area contributed by atoms with Gasteiger partial charge < -0.3 is 42.7 Å². The molecule has 14 nitrogen and oxygen atoms in total. The number of hydrogen-bond donors (Lipinski definition) is 8. The Labute approximate surface area is 206 Å². The molecule has 14 heteroatoms. The van der Waals surface area contributed by atoms with Crippen molar-refractivity contribution in [3.05, 3.63) is 29.8 Å². The molecule has 0 heterocycles. The second-order valence-corrected chi connectivity index (χ2v) is 8.44. The molecule has 4 amide bonds. The molecule has 0 saturated carbocycles. The second-order valence-electron chi connectivity index (χ2n) is 8.44. The number of carboxylic acids is 2. The first kappa shape index (κ1) is 29.8. The highest BCUT2D eigenvalue weighted by molar-refractivity contribution is 5.96. The molecule has 0 aliphatic rings. The summed E-state index contributed by atoms with van der Waals surface area (Å²) in [4.78, 5) is 71.7. The number of amides is 4. The van der Waals surface area contributed by atoms with Gasteiger partial charge in [-0.05, 0) is 30.0 Å². The molecule has 4 unspecified atom stereocenters. The number of nitrogens with one attached hydrogen (secondary N) is 3. The van der Waals surface area contributed by atoms with Crippen molar-refractivity contribution in [2.75, 3.05) is 0 Å². The van der Waals surface area contributed by atoms with Gasteiger partial charge in [0.1, 0.15) is 23.9 Å². The molecule has 10 N–H and O–H groups in total. The van der Waals surface area contributed by atoms with Crippen molar-refractivity contribution >= 4 is 35.6 Å². The van der Waals surface area contributed by atoms with E-state index in [1.165, 1.54) is 26.0 Å². The monoisotopic (exact) mass is 509 g/mol. The van der Waals surface area contributed by atoms with Crippen LogP contribution in [0.5, 0.6) is 5.75 Å². The van der Waals surface area contributed by atoms with Gasteiger partial charge >= 0.3 is 11.9 Å². The van der Waals surface area contributed by atoms with Gasteiger partial charge in [-0.25, -0.2) is 4.79 Å². The summed E-state index contributed by atoms with van der Waals surface area (Å²) in [5.74, 6) is -7.26. The van der Waals surface area contributed by atoms with E-state index < -0.39 is 78.5 Å². The van der Waals surface area contributed by atoms with E-state index in [1.807, 2.05) is 0 Å². The predicted molar refractivity (Wildman–Crippen MR) is 124 cm³/mol. The summed E-state index contributed by atoms with van der Waals surface area (Å²) >= 11 is 0. The number of carbonyl (C=O) groups is 6. The molecule has 0 saturated heterocycles. The smallest absolute Gasteiger partial charge is 0.326 e. The quantitative estimate of drug-likeness (QED) is 0.134. The van der Waals surface area contributed by atoms with E-state index in [0.29, 0.717) is 5.56 Å². The summed E-state index contributed by atoms with van der Waals surface area (Å²) in [6.07, 6.45) is -1.46. The molecule has 198 valence electrons. The largest absolute Gasteiger partial charge is 0.508 e. The molecule has 0 radical (unpaired) electrons. The number of carboxylic acid groups (broad SMARTS) is 2. The first-order valence-electron chi connectivity index (χ1n) is 10.9. The number of aromatic hydroxyl groups is 1. The van der Waals surface area contributed by atoms with Gasteiger partial charge in [-0.2, -0.15) is 0 Å². The van der Waals surface area contributed by atoms with Gasteiger partial charge in [-0.3, -0.25) is 24.0 Å². The third-order valence-electron chi connectivity index (χ3n) is 5.01. The van der Waals surface area contributed by atoms with Crippen LogP contribution >= 0.6 is 0 Å². The van der Waals surface area contributed by atoms with E-state index in [0.717, 1.165) is 0 Å². The number of benzene rings is 1. The highest BCUT2D eigenvalue weighted by Crippen LogP contribution is 2.11. The molecular weight excluding hydrogens is 478 g/mol. The minimum atomic E-state index is -1.74. The van der Waals surface area contributed by atoms with Crippen LogP contribution in [0.4, 0.5) is 0 Å². The van der Waals surface area contributed by atoms with E-state index in [1.54, 1.807) is 12.1 Å². The Balaban J connectivity index is 2.95. The van der Waals surface area contributed by atoms with E-state index >= 15 is 0 Å². The maximum atomic E-state index is 12.9. The fourth-order valence-corrected chi connectivity index (χ4v) is 3.09. The van der Waals surface area contributed by atoms with Crippen LogP contribution in [0, 0.1) is 5.92 Å². The van der Waals surface area contributed by atoms with Crippen LogP contribution in [0.3, 0.4) is 0 Å². The summed E-state index contributed by atoms with van der Waals surface area (Å²) in [6, 6.07) is 0.224. The number of phenolic OH excluding ortho intramolecular Hbond substituents is 1. The number of aliphatic carboxylic acids is 2. The van der Waals surface area contributed by atoms with Crippen LogP contribution in [0.1, 0.15) is 32.3 Å². The molecule has 4 atom stereocenters. The van der Waals surface area contributed by atoms with Crippen LogP contribution in [0.2, 0.25) is 0 Å². The average molecular weight is 510 g/mol. The topological polar surface area (TPSA) is 251 Å². The number of primary amides is 1. The highest BCUT2D eigenvalue weighted by Gasteiger charge is 2.33. The Morgan fingerprint density at radius 2 is 1.39 bits per heavy atom. The van der Waals surface area contributed by atoms with Crippen LogP contribution < -0.4 is 27.4 Å². The van der Waals surface area contributed by atoms with E-state index in [2.05, 4.69) is 16.0 Å². The fourth-order valence-electron chi connectivity index (χ4n) is 3.09. The van der Waals surface area contributed by atoms with Gasteiger partial charge in [0.05, 0.1) is 18.9 Å². The van der Waals surface area contributed by atoms with Gasteiger partial charge in [0.25, 0.3) is 0 Å². The van der Waals surface area contributed by atoms with Crippen molar-refractivity contribution in [1.29, 1.82) is 0 Å². The summed E-state index contributed by atoms with van der Waals surface area (Å²) in [6.45, 7) is 3.07. The molecule has 1 aromatic carbocycles. The zero-order valence-electron chi connectivity index (χ0n) is 19.8. The highest BCUT2D eigenvalue weighted by atomic mass is 16.4. The third-order valence-corrected chi connectivity index (χ3v) is 5.01. The van der Waals surface area contributed by atoms with Crippen LogP contribution in [0.25, 0.3) is 0 Å². The first-order chi connectivity index (χ1) is 16.7. The van der Waals surface area contributed by atoms with Crippen LogP contribution in [-0.4, -0.2) is 75.1 Å². The molecule has 0 bridgehead atoms. The Kier molecular flexibility index (Phi) is 11.3. The molecular formula is C22H31N5O9. The molecule has 1 aromatic rings. The van der Waals surface area contributed by atoms with Crippen molar-refractivity contribution in [2.45, 2.75) is 57.3 Å². The number of rotatable bonds is 14. The van der Waals surface area contributed by atoms with Gasteiger partial charge in [-0.15, -0.1) is 0 Å². The number of nitrogens with two attached hydrogens (primary N) is 2. The maximum absolute atomic E-state index is 12.9. The van der Waals surface area contributed by atoms with Crippen molar-refractivity contribution in [2.24, 2.45) is 17.4 Å². The fraction of sp³-hybridized carbons (Fsp3) is 0.455. The van der Waals surface area contributed by atoms with Crippen LogP contribution in [-0.2, 0) is 35.2 Å². The number of carbonyl (C=O) groups excluding carboxylic acids is 4. The lowest BCUT2D eigenvalue weighted by Crippen LogP contribution is -2.59. The summed E-state index contributed by atoms with van der Waals surface area (Å²) < 4.78 is 0. The molecule has 1 rings (SSSR count). The number of hydrogen-bond acceptors (Lipinski definition) is 8. The lowest BCUT2D eigenvalue weighted by Gasteiger charge is -2.26. The molecule has 0 aliphatic heterocycles. The molecule has 0 fully saturated rings. The normalized spacial score (nSPS) is 14.1. The lowest BCUT2D eigenvalue weighted by molar-refractivity contribution is -0.147. The third kappa shape index (κ3) is 9.97. The SMILES string of the molecule is CC(C)C(NC(=O)C(CC(N)=O)NC(=O)C(N)Cc1ccc(O)cc1)C(=O)NC(CC(=O)O)C(=O)O. The zero-order valence-corrected chi connectivity index (χ0v) is 19.8. The maximum Gasteiger partial charge on any atom is 0.326 e. The second kappa shape index (κ2) is 13.6. The van der Waals surface area contributed by atoms with E-state index in [4.69, 9.17) is 21.7 Å². The summed E-state index contributed by atoms with van der Waals surface area (Å²) in [5, 5.41) is 34.0. The minimum Gasteiger partial charge on any atom is -0.508 e. The molecule has 0 aromatic heterocycles. The minimum absolute atomic E-state index is 0.0244. The Bertz CT molecular complexity index is 981. The van der Waals surface area contributed by atoms with Gasteiger partial charge in [0, 0.05) is 0 Å². The van der Waals surface area contributed by atoms with Gasteiger partial charge in [-0.1, -0.05) is 26.0 Å². The van der Waals surface area contributed by atoms with Crippen LogP contribution in [0.15, 0.2) is 24.3 Å². The summed E-state index contributed by atoms with van der Waals surface area (Å²) in [7, 11) is 0. The van der Waals surface area contributed by atoms with Crippen molar-refractivity contribution in [1.82, 2.24) is 16.0 Å². The van der Waals surface area contributed by atoms with Gasteiger partial charge in [0.2, 0.25) is 23.6 Å². The average Bonchev–Trinajstić information content (AvgIpc) is 2.76. The standard InChI is InChI=1S/C22H31N5O9/c1-10(2)18(21(34)26-15(22(35)36)9-17(30)31)27-20(33)14(8-16(24)29)25-19(32)13(23)7-11-3-5-12(28)6-4-11/h3-6,10,13-15,18,28H,7-9,23H2,1-2H3,(H2,24,29)(H,25,32)(H,26,34)(H,27,33)(H,30,31)(H,35,36). The van der Waals surface area contributed by atoms with Crippen molar-refractivity contribution in [3.63, 3.8) is 0 Å². The molecule has 0 spiro atoms. The predicted octanol–water partition coefficient (Wildman–Crippen LogP) is -2.19. The molecule has 36 heavy (non-hydrogen) atoms. The zero-order chi connectivity index (χ0) is 27.6. The Morgan fingerprint density at radius 3 is 1.86 bits per heavy atom. The van der Waals surface area contributed by atoms with Crippen molar-refractivity contribution in [3.8, 4) is 5.75 Å². The Hall–Kier alpha value is -4.20. The lowest BCUT2D eigenvalue weighted by atomic mass is 10.0. The van der Waals surface area contributed by atoms with E-state index in [9.17, 15) is 33.9 Å². The number of phenols is 1. The summed E-state index contributed by atoms with van der Waals surface area (Å²) in [5.41, 5.74) is 11.7. The first-order valence-corrected chi connectivity index (χ1v) is 10.9. The molecule has 0 aliphatic carbocycles. The van der Waals surface area contributed by atoms with E-state index in [-0.39, 0.29) is 12.2 Å². The Morgan fingerprint density at radius 1 is 0.833 bits per heavy atom. The van der Waals surface area contributed by atoms with Crippen molar-refractivity contribution < 1.29 is 44.1 Å².